The molecule has 1 N–H and O–H groups in total. The molecule has 0 aromatic carbocycles. The zero-order chi connectivity index (χ0) is 8.77. The van der Waals surface area contributed by atoms with Gasteiger partial charge in [-0.1, -0.05) is 13.8 Å². The number of nitrogens with one attached hydrogen (secondary N) is 1. The Labute approximate surface area is 75.3 Å². The third-order valence-corrected chi connectivity index (χ3v) is 3.95. The van der Waals surface area contributed by atoms with Crippen LogP contribution in [0.2, 0.25) is 0 Å². The molecule has 2 atom stereocenters. The first-order chi connectivity index (χ1) is 5.60. The topological polar surface area (TPSA) is 15.3 Å². The van der Waals surface area contributed by atoms with Crippen LogP contribution in [-0.2, 0) is 0 Å². The standard InChI is InChI=1S/C10H20N2/c1-10(2)8-4-11-5-9(10)7-12(3)6-8/h8-9,11H,4-7H2,1-3H3. The molecule has 0 aromatic rings. The lowest BCUT2D eigenvalue weighted by Crippen LogP contribution is -2.59. The Morgan fingerprint density at radius 2 is 1.67 bits per heavy atom. The van der Waals surface area contributed by atoms with Crippen LogP contribution in [0.25, 0.3) is 0 Å². The predicted octanol–water partition coefficient (Wildman–Crippen LogP) is 0.794. The van der Waals surface area contributed by atoms with Crippen molar-refractivity contribution >= 4 is 0 Å². The van der Waals surface area contributed by atoms with E-state index >= 15 is 0 Å². The van der Waals surface area contributed by atoms with Gasteiger partial charge < -0.3 is 10.2 Å². The molecule has 0 spiro atoms. The third-order valence-electron chi connectivity index (χ3n) is 3.95. The van der Waals surface area contributed by atoms with Gasteiger partial charge in [-0.25, -0.2) is 0 Å². The summed E-state index contributed by atoms with van der Waals surface area (Å²) in [7, 11) is 2.25. The number of fused-ring (bicyclic) bond motifs is 2. The molecule has 2 unspecified atom stereocenters. The van der Waals surface area contributed by atoms with Crippen LogP contribution in [0, 0.1) is 17.3 Å². The van der Waals surface area contributed by atoms with Gasteiger partial charge in [0, 0.05) is 13.1 Å². The summed E-state index contributed by atoms with van der Waals surface area (Å²) >= 11 is 0. The molecule has 2 heteroatoms. The number of piperidine rings is 2. The molecular weight excluding hydrogens is 148 g/mol. The molecule has 2 aliphatic rings. The molecule has 0 radical (unpaired) electrons. The number of likely N-dealkylation sites (tertiary alicyclic amines) is 1. The fourth-order valence-electron chi connectivity index (χ4n) is 2.72. The Hall–Kier alpha value is -0.0800. The number of rotatable bonds is 0. The first-order valence-corrected chi connectivity index (χ1v) is 5.00. The maximum Gasteiger partial charge on any atom is 0.00241 e. The van der Waals surface area contributed by atoms with Gasteiger partial charge in [0.2, 0.25) is 0 Å². The van der Waals surface area contributed by atoms with Crippen LogP contribution in [0.4, 0.5) is 0 Å². The second-order valence-corrected chi connectivity index (χ2v) is 5.09. The number of nitrogens with zero attached hydrogens (tertiary/aromatic N) is 1. The Kier molecular flexibility index (Phi) is 1.92. The maximum atomic E-state index is 3.54. The van der Waals surface area contributed by atoms with Crippen molar-refractivity contribution in [2.45, 2.75) is 13.8 Å². The van der Waals surface area contributed by atoms with Crippen LogP contribution >= 0.6 is 0 Å². The van der Waals surface area contributed by atoms with Gasteiger partial charge in [-0.15, -0.1) is 0 Å². The van der Waals surface area contributed by atoms with E-state index in [9.17, 15) is 0 Å². The Balaban J connectivity index is 2.18. The van der Waals surface area contributed by atoms with E-state index in [1.165, 1.54) is 26.2 Å². The summed E-state index contributed by atoms with van der Waals surface area (Å²) in [6.45, 7) is 9.86. The van der Waals surface area contributed by atoms with Crippen LogP contribution < -0.4 is 5.32 Å². The third kappa shape index (κ3) is 1.17. The normalized spacial score (nSPS) is 41.2. The number of hydrogen-bond acceptors (Lipinski definition) is 2. The zero-order valence-corrected chi connectivity index (χ0v) is 8.43. The molecule has 2 saturated heterocycles. The van der Waals surface area contributed by atoms with Crippen molar-refractivity contribution in [3.8, 4) is 0 Å². The molecule has 12 heavy (non-hydrogen) atoms. The van der Waals surface area contributed by atoms with Gasteiger partial charge in [0.15, 0.2) is 0 Å². The van der Waals surface area contributed by atoms with Crippen molar-refractivity contribution in [2.75, 3.05) is 33.2 Å². The van der Waals surface area contributed by atoms with Crippen molar-refractivity contribution in [3.05, 3.63) is 0 Å². The fourth-order valence-corrected chi connectivity index (χ4v) is 2.72. The molecule has 0 saturated carbocycles. The van der Waals surface area contributed by atoms with Crippen LogP contribution in [0.1, 0.15) is 13.8 Å². The lowest BCUT2D eigenvalue weighted by Gasteiger charge is -2.52. The largest absolute Gasteiger partial charge is 0.316 e. The highest BCUT2D eigenvalue weighted by molar-refractivity contribution is 4.97. The summed E-state index contributed by atoms with van der Waals surface area (Å²) in [5.74, 6) is 1.71. The van der Waals surface area contributed by atoms with Crippen molar-refractivity contribution in [1.82, 2.24) is 10.2 Å². The molecule has 0 aliphatic carbocycles. The molecule has 2 nitrogen and oxygen atoms in total. The first-order valence-electron chi connectivity index (χ1n) is 5.00. The number of hydrogen-bond donors (Lipinski definition) is 1. The van der Waals surface area contributed by atoms with Crippen molar-refractivity contribution in [2.24, 2.45) is 17.3 Å². The van der Waals surface area contributed by atoms with E-state index < -0.39 is 0 Å². The van der Waals surface area contributed by atoms with Crippen molar-refractivity contribution in [3.63, 3.8) is 0 Å². The second kappa shape index (κ2) is 2.71. The second-order valence-electron chi connectivity index (χ2n) is 5.09. The molecule has 2 rings (SSSR count). The summed E-state index contributed by atoms with van der Waals surface area (Å²) < 4.78 is 0. The van der Waals surface area contributed by atoms with Gasteiger partial charge in [0.25, 0.3) is 0 Å². The van der Waals surface area contributed by atoms with Gasteiger partial charge in [-0.2, -0.15) is 0 Å². The maximum absolute atomic E-state index is 3.54. The lowest BCUT2D eigenvalue weighted by molar-refractivity contribution is -0.0138. The van der Waals surface area contributed by atoms with E-state index in [2.05, 4.69) is 31.1 Å². The van der Waals surface area contributed by atoms with E-state index in [0.29, 0.717) is 5.41 Å². The van der Waals surface area contributed by atoms with E-state index in [4.69, 9.17) is 0 Å². The van der Waals surface area contributed by atoms with Gasteiger partial charge in [0.05, 0.1) is 0 Å². The van der Waals surface area contributed by atoms with Gasteiger partial charge in [-0.05, 0) is 37.4 Å². The van der Waals surface area contributed by atoms with E-state index in [0.717, 1.165) is 11.8 Å². The summed E-state index contributed by atoms with van der Waals surface area (Å²) in [5, 5.41) is 3.54. The summed E-state index contributed by atoms with van der Waals surface area (Å²) in [4.78, 5) is 2.49. The monoisotopic (exact) mass is 168 g/mol. The molecule has 0 amide bonds. The minimum atomic E-state index is 0.567. The van der Waals surface area contributed by atoms with E-state index in [-0.39, 0.29) is 0 Å². The van der Waals surface area contributed by atoms with E-state index in [1.54, 1.807) is 0 Å². The summed E-state index contributed by atoms with van der Waals surface area (Å²) in [6.07, 6.45) is 0. The smallest absolute Gasteiger partial charge is 0.00241 e. The van der Waals surface area contributed by atoms with Crippen LogP contribution in [0.15, 0.2) is 0 Å². The molecule has 2 aliphatic heterocycles. The molecule has 70 valence electrons. The Bertz CT molecular complexity index is 161. The average Bonchev–Trinajstić information content (AvgIpc) is 1.92. The Morgan fingerprint density at radius 3 is 2.17 bits per heavy atom. The van der Waals surface area contributed by atoms with Gasteiger partial charge >= 0.3 is 0 Å². The minimum Gasteiger partial charge on any atom is -0.316 e. The summed E-state index contributed by atoms with van der Waals surface area (Å²) in [5.41, 5.74) is 0.567. The molecule has 0 aromatic heterocycles. The summed E-state index contributed by atoms with van der Waals surface area (Å²) in [6, 6.07) is 0. The van der Waals surface area contributed by atoms with Crippen LogP contribution in [0.5, 0.6) is 0 Å². The average molecular weight is 168 g/mol. The first kappa shape index (κ1) is 8.52. The van der Waals surface area contributed by atoms with E-state index in [1.807, 2.05) is 0 Å². The molecular formula is C10H20N2. The minimum absolute atomic E-state index is 0.567. The van der Waals surface area contributed by atoms with Crippen LogP contribution in [-0.4, -0.2) is 38.1 Å². The van der Waals surface area contributed by atoms with Crippen molar-refractivity contribution < 1.29 is 0 Å². The van der Waals surface area contributed by atoms with Gasteiger partial charge in [0.1, 0.15) is 0 Å². The molecule has 2 fully saturated rings. The highest BCUT2D eigenvalue weighted by Crippen LogP contribution is 2.41. The quantitative estimate of drug-likeness (QED) is 0.575. The highest BCUT2D eigenvalue weighted by Gasteiger charge is 2.44. The predicted molar refractivity (Wildman–Crippen MR) is 51.1 cm³/mol. The zero-order valence-electron chi connectivity index (χ0n) is 8.43. The Morgan fingerprint density at radius 1 is 1.17 bits per heavy atom. The highest BCUT2D eigenvalue weighted by atomic mass is 15.1. The van der Waals surface area contributed by atoms with Crippen molar-refractivity contribution in [1.29, 1.82) is 0 Å². The van der Waals surface area contributed by atoms with Crippen LogP contribution in [0.3, 0.4) is 0 Å². The molecule has 2 heterocycles. The fraction of sp³-hybridized carbons (Fsp3) is 1.00. The van der Waals surface area contributed by atoms with Gasteiger partial charge in [-0.3, -0.25) is 0 Å². The SMILES string of the molecule is CN1CC2CNCC(C1)C2(C)C. The lowest BCUT2D eigenvalue weighted by atomic mass is 9.64. The molecule has 2 bridgehead atoms.